The van der Waals surface area contributed by atoms with E-state index in [1.54, 1.807) is 0 Å². The highest BCUT2D eigenvalue weighted by atomic mass is 79.9. The topological polar surface area (TPSA) is 31.2 Å². The van der Waals surface area contributed by atoms with E-state index < -0.39 is 5.92 Å². The predicted octanol–water partition coefficient (Wildman–Crippen LogP) is 8.04. The van der Waals surface area contributed by atoms with Gasteiger partial charge in [-0.3, -0.25) is 4.79 Å². The van der Waals surface area contributed by atoms with Crippen molar-refractivity contribution in [3.8, 4) is 22.3 Å². The first-order valence-electron chi connectivity index (χ1n) is 10.9. The molecule has 1 unspecified atom stereocenters. The van der Waals surface area contributed by atoms with Crippen LogP contribution in [0.4, 0.5) is 0 Å². The summed E-state index contributed by atoms with van der Waals surface area (Å²) in [5.41, 5.74) is 6.56. The third-order valence-electron chi connectivity index (χ3n) is 6.29. The lowest BCUT2D eigenvalue weighted by molar-refractivity contribution is -0.136. The van der Waals surface area contributed by atoms with Crippen molar-refractivity contribution >= 4 is 33.8 Å². The van der Waals surface area contributed by atoms with Crippen molar-refractivity contribution in [3.05, 3.63) is 71.0 Å². The van der Waals surface area contributed by atoms with Crippen LogP contribution in [-0.4, -0.2) is 10.5 Å². The second-order valence-electron chi connectivity index (χ2n) is 10.6. The van der Waals surface area contributed by atoms with E-state index in [2.05, 4.69) is 79.7 Å². The molecule has 3 nitrogen and oxygen atoms in total. The molecular formula is C27H29BrClNO2. The SMILES string of the molecule is CC1(C)Cc2c(-c3ccccc3)c(-c3ccc(Cl)cc3)c(C(C(=O)OBr)C(C)(C)C)n2C1. The van der Waals surface area contributed by atoms with Crippen molar-refractivity contribution in [1.29, 1.82) is 0 Å². The number of nitrogens with zero attached hydrogens (tertiary/aromatic N) is 1. The van der Waals surface area contributed by atoms with Crippen LogP contribution in [0.15, 0.2) is 54.6 Å². The molecule has 2 aromatic carbocycles. The Kier molecular flexibility index (Phi) is 6.06. The van der Waals surface area contributed by atoms with Crippen LogP contribution in [0.1, 0.15) is 51.9 Å². The molecule has 0 amide bonds. The molecule has 4 rings (SSSR count). The normalized spacial score (nSPS) is 16.0. The predicted molar refractivity (Wildman–Crippen MR) is 135 cm³/mol. The summed E-state index contributed by atoms with van der Waals surface area (Å²) in [6.45, 7) is 11.7. The fourth-order valence-electron chi connectivity index (χ4n) is 5.03. The van der Waals surface area contributed by atoms with Gasteiger partial charge in [0, 0.05) is 34.1 Å². The molecule has 0 N–H and O–H groups in total. The Morgan fingerprint density at radius 1 is 1.03 bits per heavy atom. The summed E-state index contributed by atoms with van der Waals surface area (Å²) in [5, 5.41) is 0.691. The van der Waals surface area contributed by atoms with Crippen molar-refractivity contribution in [2.75, 3.05) is 0 Å². The molecule has 0 bridgehead atoms. The molecule has 0 aliphatic carbocycles. The number of benzene rings is 2. The summed E-state index contributed by atoms with van der Waals surface area (Å²) in [4.78, 5) is 13.2. The molecule has 168 valence electrons. The van der Waals surface area contributed by atoms with Gasteiger partial charge in [-0.15, -0.1) is 0 Å². The van der Waals surface area contributed by atoms with Crippen molar-refractivity contribution in [3.63, 3.8) is 0 Å². The quantitative estimate of drug-likeness (QED) is 0.353. The fourth-order valence-corrected chi connectivity index (χ4v) is 5.35. The average molecular weight is 515 g/mol. The third-order valence-corrected chi connectivity index (χ3v) is 6.86. The third kappa shape index (κ3) is 4.15. The molecule has 0 saturated carbocycles. The molecule has 1 aliphatic heterocycles. The van der Waals surface area contributed by atoms with Gasteiger partial charge in [-0.1, -0.05) is 88.7 Å². The van der Waals surface area contributed by atoms with E-state index in [-0.39, 0.29) is 16.8 Å². The maximum absolute atomic E-state index is 13.2. The Morgan fingerprint density at radius 2 is 1.62 bits per heavy atom. The van der Waals surface area contributed by atoms with Crippen molar-refractivity contribution in [2.24, 2.45) is 10.8 Å². The minimum absolute atomic E-state index is 0.104. The van der Waals surface area contributed by atoms with E-state index in [0.717, 1.165) is 35.3 Å². The molecule has 1 aromatic heterocycles. The van der Waals surface area contributed by atoms with Crippen LogP contribution in [0.3, 0.4) is 0 Å². The first kappa shape index (κ1) is 23.1. The molecule has 1 aliphatic rings. The lowest BCUT2D eigenvalue weighted by Gasteiger charge is -2.31. The van der Waals surface area contributed by atoms with E-state index >= 15 is 0 Å². The van der Waals surface area contributed by atoms with E-state index in [1.807, 2.05) is 30.3 Å². The zero-order chi connectivity index (χ0) is 23.3. The van der Waals surface area contributed by atoms with Crippen LogP contribution in [0.25, 0.3) is 22.3 Å². The molecule has 0 fully saturated rings. The Bertz CT molecular complexity index is 1140. The molecule has 0 saturated heterocycles. The smallest absolute Gasteiger partial charge is 0.326 e. The van der Waals surface area contributed by atoms with Gasteiger partial charge in [0.2, 0.25) is 0 Å². The van der Waals surface area contributed by atoms with Crippen LogP contribution in [0.2, 0.25) is 5.02 Å². The lowest BCUT2D eigenvalue weighted by atomic mass is 9.75. The second-order valence-corrected chi connectivity index (χ2v) is 11.3. The molecule has 3 aromatic rings. The summed E-state index contributed by atoms with van der Waals surface area (Å²) in [5.74, 6) is -0.727. The van der Waals surface area contributed by atoms with Gasteiger partial charge in [0.15, 0.2) is 16.3 Å². The number of aromatic nitrogens is 1. The Balaban J connectivity index is 2.13. The van der Waals surface area contributed by atoms with Crippen molar-refractivity contribution in [1.82, 2.24) is 4.57 Å². The van der Waals surface area contributed by atoms with Gasteiger partial charge in [-0.05, 0) is 40.5 Å². The average Bonchev–Trinajstić information content (AvgIpc) is 3.19. The van der Waals surface area contributed by atoms with E-state index in [1.165, 1.54) is 11.3 Å². The minimum atomic E-state index is -0.447. The van der Waals surface area contributed by atoms with Crippen molar-refractivity contribution in [2.45, 2.75) is 53.5 Å². The Labute approximate surface area is 204 Å². The van der Waals surface area contributed by atoms with Gasteiger partial charge in [0.1, 0.15) is 5.92 Å². The first-order chi connectivity index (χ1) is 15.0. The highest BCUT2D eigenvalue weighted by Gasteiger charge is 2.44. The zero-order valence-electron chi connectivity index (χ0n) is 19.2. The monoisotopic (exact) mass is 513 g/mol. The number of carbonyl (C=O) groups is 1. The van der Waals surface area contributed by atoms with Gasteiger partial charge in [-0.25, -0.2) is 0 Å². The number of carbonyl (C=O) groups excluding carboxylic acids is 1. The summed E-state index contributed by atoms with van der Waals surface area (Å²) in [6.07, 6.45) is 0.943. The van der Waals surface area contributed by atoms with Gasteiger partial charge >= 0.3 is 5.97 Å². The van der Waals surface area contributed by atoms with Gasteiger partial charge < -0.3 is 8.40 Å². The maximum atomic E-state index is 13.2. The largest absolute Gasteiger partial charge is 0.383 e. The van der Waals surface area contributed by atoms with Crippen LogP contribution >= 0.6 is 27.9 Å². The van der Waals surface area contributed by atoms with E-state index in [0.29, 0.717) is 5.02 Å². The Hall–Kier alpha value is -2.04. The zero-order valence-corrected chi connectivity index (χ0v) is 21.5. The number of rotatable bonds is 4. The second kappa shape index (κ2) is 8.39. The standard InChI is InChI=1S/C27H29BrClNO2/c1-26(2,3)23(25(31)32-28)24-22(18-11-13-19(29)14-12-18)21(17-9-7-6-8-10-17)20-15-27(4,5)16-30(20)24/h6-14,23H,15-16H2,1-5H3. The molecular weight excluding hydrogens is 486 g/mol. The number of fused-ring (bicyclic) bond motifs is 1. The molecule has 5 heteroatoms. The molecule has 0 radical (unpaired) electrons. The first-order valence-corrected chi connectivity index (χ1v) is 11.9. The summed E-state index contributed by atoms with van der Waals surface area (Å²) in [6, 6.07) is 18.4. The lowest BCUT2D eigenvalue weighted by Crippen LogP contribution is -2.30. The number of hydrogen-bond donors (Lipinski definition) is 0. The molecule has 1 atom stereocenters. The van der Waals surface area contributed by atoms with Crippen LogP contribution in [-0.2, 0) is 21.6 Å². The van der Waals surface area contributed by atoms with E-state index in [9.17, 15) is 4.79 Å². The highest BCUT2D eigenvalue weighted by molar-refractivity contribution is 9.06. The van der Waals surface area contributed by atoms with Crippen LogP contribution in [0, 0.1) is 10.8 Å². The van der Waals surface area contributed by atoms with Crippen LogP contribution in [0.5, 0.6) is 0 Å². The summed E-state index contributed by atoms with van der Waals surface area (Å²) < 4.78 is 7.55. The highest BCUT2D eigenvalue weighted by Crippen LogP contribution is 2.52. The van der Waals surface area contributed by atoms with Gasteiger partial charge in [-0.2, -0.15) is 0 Å². The van der Waals surface area contributed by atoms with Crippen LogP contribution < -0.4 is 0 Å². The molecule has 2 heterocycles. The van der Waals surface area contributed by atoms with Gasteiger partial charge in [0.05, 0.1) is 0 Å². The summed E-state index contributed by atoms with van der Waals surface area (Å²) in [7, 11) is 0. The Morgan fingerprint density at radius 3 is 2.19 bits per heavy atom. The maximum Gasteiger partial charge on any atom is 0.326 e. The summed E-state index contributed by atoms with van der Waals surface area (Å²) >= 11 is 9.20. The van der Waals surface area contributed by atoms with Crippen molar-refractivity contribution < 1.29 is 8.62 Å². The van der Waals surface area contributed by atoms with E-state index in [4.69, 9.17) is 15.4 Å². The minimum Gasteiger partial charge on any atom is -0.383 e. The number of hydrogen-bond acceptors (Lipinski definition) is 2. The molecule has 0 spiro atoms. The number of halogens is 2. The van der Waals surface area contributed by atoms with Gasteiger partial charge in [0.25, 0.3) is 0 Å². The molecule has 32 heavy (non-hydrogen) atoms. The fraction of sp³-hybridized carbons (Fsp3) is 0.370.